The van der Waals surface area contributed by atoms with Crippen LogP contribution in [0.1, 0.15) is 43.5 Å². The summed E-state index contributed by atoms with van der Waals surface area (Å²) in [4.78, 5) is 12.5. The summed E-state index contributed by atoms with van der Waals surface area (Å²) in [5.41, 5.74) is 4.38. The Labute approximate surface area is 194 Å². The maximum absolute atomic E-state index is 12.5. The van der Waals surface area contributed by atoms with Crippen LogP contribution < -0.4 is 14.8 Å². The first-order chi connectivity index (χ1) is 15.4. The molecule has 0 bridgehead atoms. The van der Waals surface area contributed by atoms with Gasteiger partial charge in [-0.15, -0.1) is 0 Å². The highest BCUT2D eigenvalue weighted by atomic mass is 79.9. The minimum absolute atomic E-state index is 0.0601. The van der Waals surface area contributed by atoms with Crippen molar-refractivity contribution in [3.8, 4) is 11.5 Å². The molecular formula is C23H24BrN5O3. The van der Waals surface area contributed by atoms with Crippen molar-refractivity contribution in [2.75, 3.05) is 11.9 Å². The molecule has 9 heteroatoms. The molecular weight excluding hydrogens is 474 g/mol. The van der Waals surface area contributed by atoms with E-state index in [0.717, 1.165) is 26.9 Å². The Hall–Kier alpha value is -3.20. The summed E-state index contributed by atoms with van der Waals surface area (Å²) in [6, 6.07) is 11.4. The molecule has 1 aliphatic heterocycles. The number of aryl methyl sites for hydroxylation is 1. The molecule has 2 heterocycles. The molecule has 1 aromatic heterocycles. The van der Waals surface area contributed by atoms with E-state index in [4.69, 9.17) is 9.47 Å². The van der Waals surface area contributed by atoms with E-state index in [1.54, 1.807) is 11.6 Å². The van der Waals surface area contributed by atoms with Crippen molar-refractivity contribution in [1.82, 2.24) is 20.2 Å². The van der Waals surface area contributed by atoms with Crippen molar-refractivity contribution in [1.29, 1.82) is 0 Å². The molecule has 0 spiro atoms. The summed E-state index contributed by atoms with van der Waals surface area (Å²) in [6.45, 7) is 8.24. The highest BCUT2D eigenvalue weighted by molar-refractivity contribution is 9.10. The van der Waals surface area contributed by atoms with Gasteiger partial charge in [0.2, 0.25) is 5.95 Å². The van der Waals surface area contributed by atoms with E-state index in [9.17, 15) is 4.79 Å². The van der Waals surface area contributed by atoms with Crippen LogP contribution in [0.15, 0.2) is 52.1 Å². The lowest BCUT2D eigenvalue weighted by Crippen LogP contribution is -2.28. The van der Waals surface area contributed by atoms with Gasteiger partial charge in [0.25, 0.3) is 0 Å². The molecule has 8 nitrogen and oxygen atoms in total. The Morgan fingerprint density at radius 3 is 2.72 bits per heavy atom. The number of carbonyl (C=O) groups excluding carboxylic acids is 1. The third-order valence-electron chi connectivity index (χ3n) is 5.37. The van der Waals surface area contributed by atoms with E-state index in [-0.39, 0.29) is 5.78 Å². The Bertz CT molecular complexity index is 1200. The number of hydrogen-bond donors (Lipinski definition) is 1. The van der Waals surface area contributed by atoms with Gasteiger partial charge in [-0.3, -0.25) is 4.79 Å². The summed E-state index contributed by atoms with van der Waals surface area (Å²) in [6.07, 6.45) is 0. The van der Waals surface area contributed by atoms with Crippen LogP contribution >= 0.6 is 15.9 Å². The normalized spacial score (nSPS) is 15.2. The Balaban J connectivity index is 1.76. The largest absolute Gasteiger partial charge is 0.490 e. The van der Waals surface area contributed by atoms with Gasteiger partial charge in [0.15, 0.2) is 17.3 Å². The van der Waals surface area contributed by atoms with Crippen LogP contribution in [0.4, 0.5) is 5.95 Å². The number of benzene rings is 2. The number of allylic oxidation sites excluding steroid dienone is 2. The van der Waals surface area contributed by atoms with Crippen LogP contribution in [0, 0.1) is 6.92 Å². The molecule has 1 N–H and O–H groups in total. The quantitative estimate of drug-likeness (QED) is 0.509. The molecule has 0 amide bonds. The fraction of sp³-hybridized carbons (Fsp3) is 0.304. The lowest BCUT2D eigenvalue weighted by Gasteiger charge is -2.28. The number of rotatable bonds is 7. The number of halogens is 1. The SMILES string of the molecule is CCOc1cc(C2C(C(C)=O)=C(C)Nc3nnnn32)cc(Br)c1OCc1ccccc1C. The Morgan fingerprint density at radius 2 is 2.00 bits per heavy atom. The number of ketones is 1. The molecule has 4 rings (SSSR count). The van der Waals surface area contributed by atoms with Gasteiger partial charge in [-0.2, -0.15) is 4.68 Å². The Kier molecular flexibility index (Phi) is 6.27. The highest BCUT2D eigenvalue weighted by Crippen LogP contribution is 2.43. The fourth-order valence-corrected chi connectivity index (χ4v) is 4.42. The topological polar surface area (TPSA) is 91.2 Å². The maximum atomic E-state index is 12.5. The summed E-state index contributed by atoms with van der Waals surface area (Å²) in [5, 5.41) is 15.0. The molecule has 32 heavy (non-hydrogen) atoms. The van der Waals surface area contributed by atoms with Crippen LogP contribution in [0.2, 0.25) is 0 Å². The zero-order chi connectivity index (χ0) is 22.8. The predicted octanol–water partition coefficient (Wildman–Crippen LogP) is 4.60. The molecule has 1 atom stereocenters. The fourth-order valence-electron chi connectivity index (χ4n) is 3.85. The van der Waals surface area contributed by atoms with Gasteiger partial charge in [-0.25, -0.2) is 0 Å². The lowest BCUT2D eigenvalue weighted by molar-refractivity contribution is -0.114. The monoisotopic (exact) mass is 497 g/mol. The number of tetrazole rings is 1. The van der Waals surface area contributed by atoms with E-state index in [1.807, 2.05) is 44.2 Å². The zero-order valence-electron chi connectivity index (χ0n) is 18.3. The van der Waals surface area contributed by atoms with Gasteiger partial charge < -0.3 is 14.8 Å². The number of anilines is 1. The van der Waals surface area contributed by atoms with Crippen molar-refractivity contribution < 1.29 is 14.3 Å². The van der Waals surface area contributed by atoms with E-state index < -0.39 is 6.04 Å². The van der Waals surface area contributed by atoms with Crippen molar-refractivity contribution in [2.45, 2.75) is 40.3 Å². The number of hydrogen-bond acceptors (Lipinski definition) is 7. The average molecular weight is 498 g/mol. The molecule has 0 aliphatic carbocycles. The molecule has 1 aliphatic rings. The summed E-state index contributed by atoms with van der Waals surface area (Å²) >= 11 is 3.65. The van der Waals surface area contributed by atoms with Crippen molar-refractivity contribution >= 4 is 27.7 Å². The van der Waals surface area contributed by atoms with Crippen LogP contribution in [-0.2, 0) is 11.4 Å². The molecule has 0 saturated carbocycles. The van der Waals surface area contributed by atoms with Gasteiger partial charge in [-0.1, -0.05) is 29.4 Å². The zero-order valence-corrected chi connectivity index (χ0v) is 19.9. The summed E-state index contributed by atoms with van der Waals surface area (Å²) in [7, 11) is 0. The average Bonchev–Trinajstić information content (AvgIpc) is 3.21. The molecule has 0 saturated heterocycles. The second-order valence-electron chi connectivity index (χ2n) is 7.55. The Morgan fingerprint density at radius 1 is 1.22 bits per heavy atom. The predicted molar refractivity (Wildman–Crippen MR) is 124 cm³/mol. The minimum atomic E-state index is -0.486. The van der Waals surface area contributed by atoms with Gasteiger partial charge in [-0.05, 0) is 82.9 Å². The van der Waals surface area contributed by atoms with Crippen LogP contribution in [0.5, 0.6) is 11.5 Å². The smallest absolute Gasteiger partial charge is 0.248 e. The maximum Gasteiger partial charge on any atom is 0.248 e. The third-order valence-corrected chi connectivity index (χ3v) is 5.96. The second-order valence-corrected chi connectivity index (χ2v) is 8.40. The number of aromatic nitrogens is 4. The lowest BCUT2D eigenvalue weighted by atomic mass is 9.93. The first-order valence-electron chi connectivity index (χ1n) is 10.3. The van der Waals surface area contributed by atoms with Crippen molar-refractivity contribution in [3.63, 3.8) is 0 Å². The van der Waals surface area contributed by atoms with Crippen molar-refractivity contribution in [3.05, 3.63) is 68.8 Å². The molecule has 0 fully saturated rings. The van der Waals surface area contributed by atoms with Crippen molar-refractivity contribution in [2.24, 2.45) is 0 Å². The van der Waals surface area contributed by atoms with Gasteiger partial charge in [0.1, 0.15) is 12.6 Å². The minimum Gasteiger partial charge on any atom is -0.490 e. The number of nitrogens with zero attached hydrogens (tertiary/aromatic N) is 4. The molecule has 166 valence electrons. The van der Waals surface area contributed by atoms with Crippen LogP contribution in [0.3, 0.4) is 0 Å². The summed E-state index contributed by atoms with van der Waals surface area (Å²) < 4.78 is 14.4. The van der Waals surface area contributed by atoms with Gasteiger partial charge in [0, 0.05) is 11.3 Å². The van der Waals surface area contributed by atoms with Crippen LogP contribution in [-0.4, -0.2) is 32.6 Å². The van der Waals surface area contributed by atoms with E-state index in [0.29, 0.717) is 36.2 Å². The third kappa shape index (κ3) is 4.12. The first kappa shape index (κ1) is 22.0. The highest BCUT2D eigenvalue weighted by Gasteiger charge is 2.33. The number of ether oxygens (including phenoxy) is 2. The number of carbonyl (C=O) groups is 1. The first-order valence-corrected chi connectivity index (χ1v) is 11.1. The number of nitrogens with one attached hydrogen (secondary N) is 1. The van der Waals surface area contributed by atoms with E-state index in [1.165, 1.54) is 0 Å². The molecule has 1 unspecified atom stereocenters. The molecule has 2 aromatic carbocycles. The number of Topliss-reactive ketones (excluding diaryl/α,β-unsaturated/α-hetero) is 1. The molecule has 0 radical (unpaired) electrons. The standard InChI is InChI=1S/C23H24BrN5O3/c1-5-31-19-11-17(10-18(24)22(19)32-12-16-9-7-6-8-13(16)2)21-20(15(4)30)14(3)25-23-26-27-28-29(21)23/h6-11,21H,5,12H2,1-4H3,(H,25,26,28). The number of fused-ring (bicyclic) bond motifs is 1. The van der Waals surface area contributed by atoms with E-state index >= 15 is 0 Å². The molecule has 3 aromatic rings. The van der Waals surface area contributed by atoms with Crippen LogP contribution in [0.25, 0.3) is 0 Å². The second kappa shape index (κ2) is 9.12. The van der Waals surface area contributed by atoms with Gasteiger partial charge >= 0.3 is 0 Å². The summed E-state index contributed by atoms with van der Waals surface area (Å²) in [5.74, 6) is 1.61. The van der Waals surface area contributed by atoms with E-state index in [2.05, 4.69) is 49.8 Å². The van der Waals surface area contributed by atoms with Gasteiger partial charge in [0.05, 0.1) is 11.1 Å².